The number of thioether (sulfide) groups is 1. The monoisotopic (exact) mass is 283 g/mol. The molecule has 0 aromatic rings. The molecule has 4 fully saturated rings. The second kappa shape index (κ2) is 6.46. The molecule has 4 aliphatic heterocycles. The van der Waals surface area contributed by atoms with E-state index in [0.29, 0.717) is 17.0 Å². The van der Waals surface area contributed by atoms with Gasteiger partial charge < -0.3 is 15.5 Å². The molecule has 1 amide bonds. The van der Waals surface area contributed by atoms with Gasteiger partial charge in [-0.1, -0.05) is 0 Å². The Bertz CT molecular complexity index is 312. The first-order chi connectivity index (χ1) is 9.31. The quantitative estimate of drug-likeness (QED) is 0.796. The Balaban J connectivity index is 1.39. The summed E-state index contributed by atoms with van der Waals surface area (Å²) in [5.74, 6) is 1.63. The van der Waals surface area contributed by atoms with Gasteiger partial charge in [-0.2, -0.15) is 0 Å². The van der Waals surface area contributed by atoms with E-state index in [4.69, 9.17) is 0 Å². The number of rotatable bonds is 4. The standard InChI is InChI=1S/C14H25N3OS/c18-14(10-19-12-1-5-15-6-2-12)16-13-9-17-7-3-11(13)4-8-17/h11-13,15H,1-10H2,(H,16,18). The van der Waals surface area contributed by atoms with Crippen molar-refractivity contribution in [3.63, 3.8) is 0 Å². The first-order valence-corrected chi connectivity index (χ1v) is 8.70. The van der Waals surface area contributed by atoms with E-state index < -0.39 is 0 Å². The van der Waals surface area contributed by atoms with Crippen LogP contribution < -0.4 is 10.6 Å². The van der Waals surface area contributed by atoms with Gasteiger partial charge in [-0.05, 0) is 57.8 Å². The summed E-state index contributed by atoms with van der Waals surface area (Å²) in [7, 11) is 0. The van der Waals surface area contributed by atoms with E-state index in [0.717, 1.165) is 25.6 Å². The van der Waals surface area contributed by atoms with Crippen LogP contribution in [-0.2, 0) is 4.79 Å². The van der Waals surface area contributed by atoms with Gasteiger partial charge in [0.15, 0.2) is 0 Å². The molecule has 4 nitrogen and oxygen atoms in total. The molecule has 0 aromatic carbocycles. The number of fused-ring (bicyclic) bond motifs is 3. The molecule has 0 radical (unpaired) electrons. The highest BCUT2D eigenvalue weighted by Gasteiger charge is 2.34. The van der Waals surface area contributed by atoms with Crippen molar-refractivity contribution >= 4 is 17.7 Å². The first-order valence-electron chi connectivity index (χ1n) is 7.65. The predicted octanol–water partition coefficient (Wildman–Crippen LogP) is 0.682. The summed E-state index contributed by atoms with van der Waals surface area (Å²) in [6, 6.07) is 0.420. The lowest BCUT2D eigenvalue weighted by Crippen LogP contribution is -2.57. The molecule has 4 aliphatic rings. The molecular formula is C14H25N3OS. The zero-order valence-corrected chi connectivity index (χ0v) is 12.4. The summed E-state index contributed by atoms with van der Waals surface area (Å²) in [5, 5.41) is 7.32. The average Bonchev–Trinajstić information content (AvgIpc) is 2.47. The maximum atomic E-state index is 12.1. The van der Waals surface area contributed by atoms with Gasteiger partial charge in [0.05, 0.1) is 5.75 Å². The van der Waals surface area contributed by atoms with E-state index in [-0.39, 0.29) is 5.91 Å². The Morgan fingerprint density at radius 3 is 2.58 bits per heavy atom. The van der Waals surface area contributed by atoms with Crippen molar-refractivity contribution in [3.05, 3.63) is 0 Å². The number of amides is 1. The fraction of sp³-hybridized carbons (Fsp3) is 0.929. The van der Waals surface area contributed by atoms with Crippen molar-refractivity contribution in [1.82, 2.24) is 15.5 Å². The van der Waals surface area contributed by atoms with E-state index in [1.165, 1.54) is 38.8 Å². The number of hydrogen-bond donors (Lipinski definition) is 2. The molecule has 2 N–H and O–H groups in total. The van der Waals surface area contributed by atoms with Crippen LogP contribution in [0.4, 0.5) is 0 Å². The van der Waals surface area contributed by atoms with Crippen LogP contribution >= 0.6 is 11.8 Å². The second-order valence-corrected chi connectivity index (χ2v) is 7.36. The molecule has 1 unspecified atom stereocenters. The molecular weight excluding hydrogens is 258 g/mol. The third-order valence-electron chi connectivity index (χ3n) is 4.74. The van der Waals surface area contributed by atoms with Crippen molar-refractivity contribution in [2.45, 2.75) is 37.0 Å². The van der Waals surface area contributed by atoms with Gasteiger partial charge in [0.1, 0.15) is 0 Å². The smallest absolute Gasteiger partial charge is 0.230 e. The molecule has 0 spiro atoms. The summed E-state index contributed by atoms with van der Waals surface area (Å²) >= 11 is 1.85. The Morgan fingerprint density at radius 2 is 1.95 bits per heavy atom. The van der Waals surface area contributed by atoms with Crippen LogP contribution in [0, 0.1) is 5.92 Å². The van der Waals surface area contributed by atoms with Crippen molar-refractivity contribution in [2.24, 2.45) is 5.92 Å². The predicted molar refractivity (Wildman–Crippen MR) is 79.4 cm³/mol. The molecule has 1 atom stereocenters. The van der Waals surface area contributed by atoms with Crippen LogP contribution in [0.1, 0.15) is 25.7 Å². The fourth-order valence-electron chi connectivity index (χ4n) is 3.53. The van der Waals surface area contributed by atoms with Crippen molar-refractivity contribution in [1.29, 1.82) is 0 Å². The SMILES string of the molecule is O=C(CSC1CCNCC1)NC1CN2CCC1CC2. The number of carbonyl (C=O) groups excluding carboxylic acids is 1. The molecule has 19 heavy (non-hydrogen) atoms. The van der Waals surface area contributed by atoms with E-state index in [2.05, 4.69) is 15.5 Å². The molecule has 4 heterocycles. The zero-order valence-electron chi connectivity index (χ0n) is 11.6. The molecule has 4 saturated heterocycles. The van der Waals surface area contributed by atoms with Crippen molar-refractivity contribution in [3.8, 4) is 0 Å². The normalized spacial score (nSPS) is 35.3. The third kappa shape index (κ3) is 3.64. The molecule has 0 saturated carbocycles. The lowest BCUT2D eigenvalue weighted by Gasteiger charge is -2.45. The van der Waals surface area contributed by atoms with E-state index in [9.17, 15) is 4.79 Å². The zero-order chi connectivity index (χ0) is 13.1. The molecule has 0 aliphatic carbocycles. The number of nitrogens with zero attached hydrogens (tertiary/aromatic N) is 1. The van der Waals surface area contributed by atoms with Crippen LogP contribution in [0.2, 0.25) is 0 Å². The van der Waals surface area contributed by atoms with Crippen molar-refractivity contribution in [2.75, 3.05) is 38.5 Å². The van der Waals surface area contributed by atoms with E-state index in [1.54, 1.807) is 0 Å². The average molecular weight is 283 g/mol. The van der Waals surface area contributed by atoms with Crippen LogP contribution in [0.5, 0.6) is 0 Å². The molecule has 4 rings (SSSR count). The molecule has 2 bridgehead atoms. The number of piperidine rings is 4. The maximum Gasteiger partial charge on any atom is 0.230 e. The summed E-state index contributed by atoms with van der Waals surface area (Å²) in [5.41, 5.74) is 0. The van der Waals surface area contributed by atoms with Gasteiger partial charge in [0.25, 0.3) is 0 Å². The first kappa shape index (κ1) is 13.7. The number of carbonyl (C=O) groups is 1. The van der Waals surface area contributed by atoms with Gasteiger partial charge >= 0.3 is 0 Å². The molecule has 108 valence electrons. The summed E-state index contributed by atoms with van der Waals surface area (Å²) in [6.45, 7) is 5.77. The minimum absolute atomic E-state index is 0.252. The topological polar surface area (TPSA) is 44.4 Å². The Hall–Kier alpha value is -0.260. The van der Waals surface area contributed by atoms with Gasteiger partial charge in [-0.15, -0.1) is 11.8 Å². The van der Waals surface area contributed by atoms with Crippen LogP contribution in [0.15, 0.2) is 0 Å². The highest BCUT2D eigenvalue weighted by molar-refractivity contribution is 8.00. The lowest BCUT2D eigenvalue weighted by atomic mass is 9.84. The Kier molecular flexibility index (Phi) is 4.66. The minimum Gasteiger partial charge on any atom is -0.351 e. The van der Waals surface area contributed by atoms with Gasteiger partial charge in [0, 0.05) is 17.8 Å². The maximum absolute atomic E-state index is 12.1. The second-order valence-electron chi connectivity index (χ2n) is 6.07. The van der Waals surface area contributed by atoms with Gasteiger partial charge in [-0.25, -0.2) is 0 Å². The lowest BCUT2D eigenvalue weighted by molar-refractivity contribution is -0.120. The Labute approximate surface area is 120 Å². The fourth-order valence-corrected chi connectivity index (χ4v) is 4.57. The third-order valence-corrected chi connectivity index (χ3v) is 6.11. The van der Waals surface area contributed by atoms with E-state index >= 15 is 0 Å². The summed E-state index contributed by atoms with van der Waals surface area (Å²) in [4.78, 5) is 14.6. The van der Waals surface area contributed by atoms with Crippen LogP contribution in [0.25, 0.3) is 0 Å². The van der Waals surface area contributed by atoms with Crippen molar-refractivity contribution < 1.29 is 4.79 Å². The minimum atomic E-state index is 0.252. The number of hydrogen-bond acceptors (Lipinski definition) is 4. The van der Waals surface area contributed by atoms with Gasteiger partial charge in [-0.3, -0.25) is 4.79 Å². The summed E-state index contributed by atoms with van der Waals surface area (Å²) in [6.07, 6.45) is 4.95. The highest BCUT2D eigenvalue weighted by Crippen LogP contribution is 2.27. The molecule has 5 heteroatoms. The van der Waals surface area contributed by atoms with Crippen LogP contribution in [0.3, 0.4) is 0 Å². The largest absolute Gasteiger partial charge is 0.351 e. The summed E-state index contributed by atoms with van der Waals surface area (Å²) < 4.78 is 0. The van der Waals surface area contributed by atoms with Gasteiger partial charge in [0.2, 0.25) is 5.91 Å². The Morgan fingerprint density at radius 1 is 1.21 bits per heavy atom. The highest BCUT2D eigenvalue weighted by atomic mass is 32.2. The van der Waals surface area contributed by atoms with Crippen LogP contribution in [-0.4, -0.2) is 60.6 Å². The number of nitrogens with one attached hydrogen (secondary N) is 2. The molecule has 0 aromatic heterocycles. The van der Waals surface area contributed by atoms with E-state index in [1.807, 2.05) is 11.8 Å².